The molecule has 0 spiro atoms. The molecular formula is C13H9N5O2. The van der Waals surface area contributed by atoms with Gasteiger partial charge in [0.15, 0.2) is 11.3 Å². The van der Waals surface area contributed by atoms with E-state index in [0.717, 1.165) is 5.56 Å². The molecule has 3 aromatic heterocycles. The number of rotatable bonds is 3. The average Bonchev–Trinajstić information content (AvgIpc) is 2.53. The number of hydrogen-bond donors (Lipinski definition) is 0. The Morgan fingerprint density at radius 2 is 1.95 bits per heavy atom. The molecule has 7 heteroatoms. The number of nitrogens with zero attached hydrogens (tertiary/aromatic N) is 5. The molecule has 98 valence electrons. The Balaban J connectivity index is 1.75. The summed E-state index contributed by atoms with van der Waals surface area (Å²) in [5, 5.41) is 0. The molecule has 0 atom stereocenters. The van der Waals surface area contributed by atoms with E-state index < -0.39 is 5.97 Å². The van der Waals surface area contributed by atoms with Gasteiger partial charge in [-0.1, -0.05) is 0 Å². The highest BCUT2D eigenvalue weighted by Gasteiger charge is 2.11. The van der Waals surface area contributed by atoms with E-state index in [1.165, 1.54) is 18.7 Å². The lowest BCUT2D eigenvalue weighted by molar-refractivity contribution is 0.0465. The highest BCUT2D eigenvalue weighted by molar-refractivity contribution is 5.88. The topological polar surface area (TPSA) is 90.8 Å². The largest absolute Gasteiger partial charge is 0.456 e. The molecule has 3 rings (SSSR count). The Bertz CT molecular complexity index is 748. The smallest absolute Gasteiger partial charge is 0.358 e. The number of hydrogen-bond acceptors (Lipinski definition) is 7. The van der Waals surface area contributed by atoms with Crippen molar-refractivity contribution >= 4 is 17.1 Å². The van der Waals surface area contributed by atoms with Crippen molar-refractivity contribution in [2.24, 2.45) is 0 Å². The minimum absolute atomic E-state index is 0.126. The van der Waals surface area contributed by atoms with Crippen molar-refractivity contribution in [3.8, 4) is 0 Å². The third kappa shape index (κ3) is 2.56. The van der Waals surface area contributed by atoms with Crippen LogP contribution in [0.25, 0.3) is 11.2 Å². The normalized spacial score (nSPS) is 10.4. The molecule has 0 bridgehead atoms. The summed E-state index contributed by atoms with van der Waals surface area (Å²) >= 11 is 0. The second kappa shape index (κ2) is 5.35. The zero-order valence-corrected chi connectivity index (χ0v) is 10.3. The predicted molar refractivity (Wildman–Crippen MR) is 68.5 cm³/mol. The SMILES string of the molecule is O=C(OCc1ccncc1)c1cnc2ncncc2n1. The number of fused-ring (bicyclic) bond motifs is 1. The van der Waals surface area contributed by atoms with E-state index in [1.54, 1.807) is 24.5 Å². The summed E-state index contributed by atoms with van der Waals surface area (Å²) in [7, 11) is 0. The van der Waals surface area contributed by atoms with Gasteiger partial charge in [0.1, 0.15) is 18.5 Å². The van der Waals surface area contributed by atoms with E-state index in [-0.39, 0.29) is 12.3 Å². The van der Waals surface area contributed by atoms with Crippen molar-refractivity contribution in [3.63, 3.8) is 0 Å². The first-order valence-electron chi connectivity index (χ1n) is 5.82. The van der Waals surface area contributed by atoms with E-state index in [2.05, 4.69) is 24.9 Å². The Morgan fingerprint density at radius 1 is 1.10 bits per heavy atom. The molecular weight excluding hydrogens is 258 g/mol. The van der Waals surface area contributed by atoms with Gasteiger partial charge >= 0.3 is 5.97 Å². The third-order valence-electron chi connectivity index (χ3n) is 2.55. The number of pyridine rings is 1. The standard InChI is InChI=1S/C13H9N5O2/c19-13(20-7-9-1-3-14-4-2-9)11-6-16-12-10(18-11)5-15-8-17-12/h1-6,8H,7H2. The Morgan fingerprint density at radius 3 is 2.80 bits per heavy atom. The van der Waals surface area contributed by atoms with Crippen LogP contribution in [0.5, 0.6) is 0 Å². The molecule has 3 aromatic rings. The van der Waals surface area contributed by atoms with Crippen LogP contribution >= 0.6 is 0 Å². The lowest BCUT2D eigenvalue weighted by Gasteiger charge is -2.04. The van der Waals surface area contributed by atoms with Gasteiger partial charge < -0.3 is 4.74 Å². The number of carbonyl (C=O) groups excluding carboxylic acids is 1. The Labute approximate surface area is 113 Å². The van der Waals surface area contributed by atoms with Gasteiger partial charge in [0, 0.05) is 12.4 Å². The van der Waals surface area contributed by atoms with Crippen molar-refractivity contribution in [1.29, 1.82) is 0 Å². The Hall–Kier alpha value is -2.96. The molecule has 0 fully saturated rings. The number of esters is 1. The van der Waals surface area contributed by atoms with Crippen LogP contribution in [-0.2, 0) is 11.3 Å². The first kappa shape index (κ1) is 12.1. The molecule has 0 radical (unpaired) electrons. The maximum atomic E-state index is 11.9. The van der Waals surface area contributed by atoms with Crippen LogP contribution in [0.1, 0.15) is 16.1 Å². The summed E-state index contributed by atoms with van der Waals surface area (Å²) in [6.07, 6.45) is 7.48. The second-order valence-electron chi connectivity index (χ2n) is 3.92. The van der Waals surface area contributed by atoms with Crippen LogP contribution in [0.15, 0.2) is 43.2 Å². The summed E-state index contributed by atoms with van der Waals surface area (Å²) in [6.45, 7) is 0.159. The molecule has 0 amide bonds. The first-order chi connectivity index (χ1) is 9.83. The van der Waals surface area contributed by atoms with Gasteiger partial charge in [-0.25, -0.2) is 24.7 Å². The van der Waals surface area contributed by atoms with Crippen LogP contribution in [0, 0.1) is 0 Å². The summed E-state index contributed by atoms with van der Waals surface area (Å²) < 4.78 is 5.15. The van der Waals surface area contributed by atoms with E-state index in [9.17, 15) is 4.79 Å². The van der Waals surface area contributed by atoms with Crippen molar-refractivity contribution < 1.29 is 9.53 Å². The maximum absolute atomic E-state index is 11.9. The highest BCUT2D eigenvalue weighted by atomic mass is 16.5. The molecule has 7 nitrogen and oxygen atoms in total. The second-order valence-corrected chi connectivity index (χ2v) is 3.92. The lowest BCUT2D eigenvalue weighted by Crippen LogP contribution is -2.08. The van der Waals surface area contributed by atoms with Crippen LogP contribution < -0.4 is 0 Å². The van der Waals surface area contributed by atoms with Gasteiger partial charge in [0.05, 0.1) is 12.4 Å². The predicted octanol–water partition coefficient (Wildman–Crippen LogP) is 1.17. The van der Waals surface area contributed by atoms with E-state index in [4.69, 9.17) is 4.74 Å². The average molecular weight is 267 g/mol. The molecule has 20 heavy (non-hydrogen) atoms. The quantitative estimate of drug-likeness (QED) is 0.658. The minimum atomic E-state index is -0.542. The number of aromatic nitrogens is 5. The lowest BCUT2D eigenvalue weighted by atomic mass is 10.3. The van der Waals surface area contributed by atoms with E-state index in [1.807, 2.05) is 0 Å². The molecule has 0 N–H and O–H groups in total. The van der Waals surface area contributed by atoms with E-state index >= 15 is 0 Å². The summed E-state index contributed by atoms with van der Waals surface area (Å²) in [4.78, 5) is 31.7. The molecule has 0 saturated heterocycles. The fraction of sp³-hybridized carbons (Fsp3) is 0.0769. The first-order valence-corrected chi connectivity index (χ1v) is 5.82. The molecule has 0 aromatic carbocycles. The van der Waals surface area contributed by atoms with Crippen LogP contribution in [0.4, 0.5) is 0 Å². The Kier molecular flexibility index (Phi) is 3.24. The fourth-order valence-corrected chi connectivity index (χ4v) is 1.58. The zero-order valence-electron chi connectivity index (χ0n) is 10.3. The van der Waals surface area contributed by atoms with Crippen molar-refractivity contribution in [2.45, 2.75) is 6.61 Å². The molecule has 0 aliphatic carbocycles. The third-order valence-corrected chi connectivity index (χ3v) is 2.55. The summed E-state index contributed by atoms with van der Waals surface area (Å²) in [5.41, 5.74) is 1.86. The molecule has 3 heterocycles. The van der Waals surface area contributed by atoms with Gasteiger partial charge in [-0.15, -0.1) is 0 Å². The van der Waals surface area contributed by atoms with Crippen LogP contribution in [0.2, 0.25) is 0 Å². The van der Waals surface area contributed by atoms with Gasteiger partial charge in [-0.2, -0.15) is 0 Å². The van der Waals surface area contributed by atoms with Gasteiger partial charge in [-0.05, 0) is 17.7 Å². The molecule has 0 saturated carbocycles. The highest BCUT2D eigenvalue weighted by Crippen LogP contribution is 2.07. The van der Waals surface area contributed by atoms with E-state index in [0.29, 0.717) is 11.2 Å². The minimum Gasteiger partial charge on any atom is -0.456 e. The summed E-state index contributed by atoms with van der Waals surface area (Å²) in [6, 6.07) is 3.54. The van der Waals surface area contributed by atoms with Crippen molar-refractivity contribution in [2.75, 3.05) is 0 Å². The van der Waals surface area contributed by atoms with Crippen LogP contribution in [0.3, 0.4) is 0 Å². The van der Waals surface area contributed by atoms with Gasteiger partial charge in [-0.3, -0.25) is 4.98 Å². The van der Waals surface area contributed by atoms with Gasteiger partial charge in [0.25, 0.3) is 0 Å². The fourth-order valence-electron chi connectivity index (χ4n) is 1.58. The number of carbonyl (C=O) groups is 1. The molecule has 0 aliphatic rings. The monoisotopic (exact) mass is 267 g/mol. The van der Waals surface area contributed by atoms with Crippen molar-refractivity contribution in [1.82, 2.24) is 24.9 Å². The molecule has 0 aliphatic heterocycles. The summed E-state index contributed by atoms with van der Waals surface area (Å²) in [5.74, 6) is -0.542. The maximum Gasteiger partial charge on any atom is 0.358 e. The van der Waals surface area contributed by atoms with Gasteiger partial charge in [0.2, 0.25) is 0 Å². The van der Waals surface area contributed by atoms with Crippen molar-refractivity contribution in [3.05, 3.63) is 54.5 Å². The zero-order chi connectivity index (χ0) is 13.8. The number of ether oxygens (including phenoxy) is 1. The molecule has 0 unspecified atom stereocenters. The van der Waals surface area contributed by atoms with Crippen LogP contribution in [-0.4, -0.2) is 30.9 Å².